The van der Waals surface area contributed by atoms with Gasteiger partial charge < -0.3 is 4.90 Å². The van der Waals surface area contributed by atoms with E-state index in [-0.39, 0.29) is 0 Å². The highest BCUT2D eigenvalue weighted by Gasteiger charge is 2.06. The predicted octanol–water partition coefficient (Wildman–Crippen LogP) is 3.73. The monoisotopic (exact) mass is 272 g/mol. The van der Waals surface area contributed by atoms with Crippen molar-refractivity contribution < 1.29 is 0 Å². The van der Waals surface area contributed by atoms with Crippen LogP contribution in [0.25, 0.3) is 5.57 Å². The first-order valence-electron chi connectivity index (χ1n) is 6.19. The number of nitrogens with zero attached hydrogens (tertiary/aromatic N) is 2. The van der Waals surface area contributed by atoms with Crippen LogP contribution >= 0.6 is 11.6 Å². The van der Waals surface area contributed by atoms with Crippen LogP contribution in [-0.2, 0) is 0 Å². The van der Waals surface area contributed by atoms with Crippen molar-refractivity contribution in [3.63, 3.8) is 0 Å². The molecule has 0 aliphatic carbocycles. The first-order chi connectivity index (χ1) is 9.16. The molecule has 0 bridgehead atoms. The highest BCUT2D eigenvalue weighted by atomic mass is 35.5. The zero-order valence-electron chi connectivity index (χ0n) is 11.2. The standard InChI is InChI=1S/C16H17ClN2/c1-19(2)11-9-15(16-8-3-4-10-18-16)13-6-5-7-14(17)12-13/h3-10,12H,11H2,1-2H3/b15-9+. The van der Waals surface area contributed by atoms with Crippen LogP contribution in [-0.4, -0.2) is 30.5 Å². The molecule has 1 aromatic heterocycles. The molecule has 3 heteroatoms. The van der Waals surface area contributed by atoms with Gasteiger partial charge >= 0.3 is 0 Å². The Kier molecular flexibility index (Phi) is 4.72. The minimum atomic E-state index is 0.740. The summed E-state index contributed by atoms with van der Waals surface area (Å²) in [5, 5.41) is 0.740. The van der Waals surface area contributed by atoms with E-state index in [0.29, 0.717) is 0 Å². The molecule has 1 heterocycles. The van der Waals surface area contributed by atoms with Gasteiger partial charge in [0.25, 0.3) is 0 Å². The Morgan fingerprint density at radius 2 is 2.05 bits per heavy atom. The number of rotatable bonds is 4. The topological polar surface area (TPSA) is 16.1 Å². The quantitative estimate of drug-likeness (QED) is 0.843. The SMILES string of the molecule is CN(C)C/C=C(\c1cccc(Cl)c1)c1ccccn1. The normalized spacial score (nSPS) is 11.9. The minimum absolute atomic E-state index is 0.740. The van der Waals surface area contributed by atoms with Crippen molar-refractivity contribution in [3.05, 3.63) is 71.0 Å². The molecule has 2 aromatic rings. The van der Waals surface area contributed by atoms with Gasteiger partial charge in [0.2, 0.25) is 0 Å². The maximum Gasteiger partial charge on any atom is 0.0705 e. The van der Waals surface area contributed by atoms with Crippen molar-refractivity contribution >= 4 is 17.2 Å². The van der Waals surface area contributed by atoms with Gasteiger partial charge in [-0.2, -0.15) is 0 Å². The molecule has 0 amide bonds. The van der Waals surface area contributed by atoms with Crippen LogP contribution in [0.15, 0.2) is 54.7 Å². The number of halogens is 1. The van der Waals surface area contributed by atoms with Crippen LogP contribution in [0.2, 0.25) is 5.02 Å². The van der Waals surface area contributed by atoms with E-state index >= 15 is 0 Å². The summed E-state index contributed by atoms with van der Waals surface area (Å²) in [6.45, 7) is 0.860. The van der Waals surface area contributed by atoms with E-state index in [1.165, 1.54) is 0 Å². The molecule has 0 N–H and O–H groups in total. The maximum absolute atomic E-state index is 6.08. The lowest BCUT2D eigenvalue weighted by molar-refractivity contribution is 0.457. The summed E-state index contributed by atoms with van der Waals surface area (Å²) < 4.78 is 0. The first-order valence-corrected chi connectivity index (χ1v) is 6.57. The van der Waals surface area contributed by atoms with E-state index in [1.54, 1.807) is 0 Å². The fraction of sp³-hybridized carbons (Fsp3) is 0.188. The Morgan fingerprint density at radius 3 is 2.68 bits per heavy atom. The van der Waals surface area contributed by atoms with Gasteiger partial charge in [-0.3, -0.25) is 4.98 Å². The fourth-order valence-corrected chi connectivity index (χ4v) is 2.01. The molecule has 0 atom stereocenters. The van der Waals surface area contributed by atoms with Gasteiger partial charge in [0.1, 0.15) is 0 Å². The Balaban J connectivity index is 2.43. The Morgan fingerprint density at radius 1 is 1.21 bits per heavy atom. The molecule has 0 fully saturated rings. The van der Waals surface area contributed by atoms with Gasteiger partial charge in [0.05, 0.1) is 5.69 Å². The van der Waals surface area contributed by atoms with Gasteiger partial charge in [-0.1, -0.05) is 35.9 Å². The molecule has 19 heavy (non-hydrogen) atoms. The van der Waals surface area contributed by atoms with E-state index in [1.807, 2.05) is 56.7 Å². The number of pyridine rings is 1. The number of likely N-dealkylation sites (N-methyl/N-ethyl adjacent to an activating group) is 1. The number of benzene rings is 1. The molecule has 0 aliphatic rings. The van der Waals surface area contributed by atoms with Crippen LogP contribution in [0.4, 0.5) is 0 Å². The van der Waals surface area contributed by atoms with Crippen molar-refractivity contribution in [1.29, 1.82) is 0 Å². The highest BCUT2D eigenvalue weighted by Crippen LogP contribution is 2.24. The molecular weight excluding hydrogens is 256 g/mol. The molecule has 0 aliphatic heterocycles. The summed E-state index contributed by atoms with van der Waals surface area (Å²) in [6.07, 6.45) is 3.98. The van der Waals surface area contributed by atoms with Crippen molar-refractivity contribution in [1.82, 2.24) is 9.88 Å². The summed E-state index contributed by atoms with van der Waals surface area (Å²) >= 11 is 6.08. The summed E-state index contributed by atoms with van der Waals surface area (Å²) in [6, 6.07) is 13.8. The molecule has 0 saturated carbocycles. The summed E-state index contributed by atoms with van der Waals surface area (Å²) in [7, 11) is 4.09. The molecule has 2 nitrogen and oxygen atoms in total. The second-order valence-corrected chi connectivity index (χ2v) is 5.04. The van der Waals surface area contributed by atoms with Gasteiger partial charge in [0.15, 0.2) is 0 Å². The molecular formula is C16H17ClN2. The van der Waals surface area contributed by atoms with E-state index in [0.717, 1.165) is 28.4 Å². The van der Waals surface area contributed by atoms with Crippen molar-refractivity contribution in [3.8, 4) is 0 Å². The molecule has 0 radical (unpaired) electrons. The average molecular weight is 273 g/mol. The van der Waals surface area contributed by atoms with Gasteiger partial charge in [-0.15, -0.1) is 0 Å². The molecule has 2 rings (SSSR count). The second kappa shape index (κ2) is 6.50. The predicted molar refractivity (Wildman–Crippen MR) is 81.3 cm³/mol. The van der Waals surface area contributed by atoms with Crippen molar-refractivity contribution in [2.24, 2.45) is 0 Å². The molecule has 0 saturated heterocycles. The van der Waals surface area contributed by atoms with Crippen LogP contribution in [0.1, 0.15) is 11.3 Å². The second-order valence-electron chi connectivity index (χ2n) is 4.61. The number of hydrogen-bond donors (Lipinski definition) is 0. The van der Waals surface area contributed by atoms with Gasteiger partial charge in [0, 0.05) is 23.3 Å². The van der Waals surface area contributed by atoms with E-state index < -0.39 is 0 Å². The van der Waals surface area contributed by atoms with Gasteiger partial charge in [-0.05, 0) is 43.9 Å². The third-order valence-electron chi connectivity index (χ3n) is 2.74. The summed E-state index contributed by atoms with van der Waals surface area (Å²) in [4.78, 5) is 6.55. The van der Waals surface area contributed by atoms with Crippen LogP contribution in [0.3, 0.4) is 0 Å². The highest BCUT2D eigenvalue weighted by molar-refractivity contribution is 6.30. The molecule has 0 unspecified atom stereocenters. The number of aromatic nitrogens is 1. The smallest absolute Gasteiger partial charge is 0.0705 e. The molecule has 98 valence electrons. The molecule has 1 aromatic carbocycles. The van der Waals surface area contributed by atoms with Crippen LogP contribution in [0, 0.1) is 0 Å². The lowest BCUT2D eigenvalue weighted by Gasteiger charge is -2.11. The number of hydrogen-bond acceptors (Lipinski definition) is 2. The third kappa shape index (κ3) is 3.91. The lowest BCUT2D eigenvalue weighted by Crippen LogP contribution is -2.11. The van der Waals surface area contributed by atoms with E-state index in [9.17, 15) is 0 Å². The lowest BCUT2D eigenvalue weighted by atomic mass is 10.0. The first kappa shape index (κ1) is 13.8. The van der Waals surface area contributed by atoms with Crippen LogP contribution in [0.5, 0.6) is 0 Å². The van der Waals surface area contributed by atoms with Crippen LogP contribution < -0.4 is 0 Å². The van der Waals surface area contributed by atoms with Crippen molar-refractivity contribution in [2.45, 2.75) is 0 Å². The average Bonchev–Trinajstić information content (AvgIpc) is 2.40. The largest absolute Gasteiger partial charge is 0.306 e. The Bertz CT molecular complexity index is 562. The Hall–Kier alpha value is -1.64. The maximum atomic E-state index is 6.08. The van der Waals surface area contributed by atoms with Crippen molar-refractivity contribution in [2.75, 3.05) is 20.6 Å². The zero-order valence-corrected chi connectivity index (χ0v) is 11.9. The molecule has 0 spiro atoms. The Labute approximate surface area is 119 Å². The minimum Gasteiger partial charge on any atom is -0.306 e. The summed E-state index contributed by atoms with van der Waals surface area (Å²) in [5.41, 5.74) is 3.16. The van der Waals surface area contributed by atoms with E-state index in [2.05, 4.69) is 22.0 Å². The third-order valence-corrected chi connectivity index (χ3v) is 2.97. The summed E-state index contributed by atoms with van der Waals surface area (Å²) in [5.74, 6) is 0. The van der Waals surface area contributed by atoms with E-state index in [4.69, 9.17) is 11.6 Å². The fourth-order valence-electron chi connectivity index (χ4n) is 1.82. The van der Waals surface area contributed by atoms with Gasteiger partial charge in [-0.25, -0.2) is 0 Å². The zero-order chi connectivity index (χ0) is 13.7.